The second-order valence-electron chi connectivity index (χ2n) is 29.3. The second kappa shape index (κ2) is 39.3. The van der Waals surface area contributed by atoms with Gasteiger partial charge in [0.2, 0.25) is 0 Å². The van der Waals surface area contributed by atoms with Crippen LogP contribution in [0.4, 0.5) is 11.6 Å². The van der Waals surface area contributed by atoms with Crippen LogP contribution >= 0.6 is 0 Å². The Bertz CT molecular complexity index is 5120. The first kappa shape index (κ1) is 82.5. The number of aromatic nitrogens is 4. The smallest absolute Gasteiger partial charge is 0.294 e. The first-order chi connectivity index (χ1) is 56.3. The highest BCUT2D eigenvalue weighted by Gasteiger charge is 2.25. The number of methoxy groups -OCH3 is 2. The Balaban J connectivity index is 0.000000180. The number of carbonyl (C=O) groups excluding carboxylic acids is 2. The number of Topliss-reactive ketones (excluding diaryl/α,β-unsaturated/α-hetero) is 2. The Kier molecular flexibility index (Phi) is 27.9. The van der Waals surface area contributed by atoms with Gasteiger partial charge < -0.3 is 68.0 Å². The molecule has 5 N–H and O–H groups in total. The summed E-state index contributed by atoms with van der Waals surface area (Å²) in [6.07, 6.45) is 14.4. The quantitative estimate of drug-likeness (QED) is 0.0354. The number of hydrogen-bond donors (Lipinski definition) is 3. The van der Waals surface area contributed by atoms with E-state index < -0.39 is 10.1 Å². The van der Waals surface area contributed by atoms with Crippen molar-refractivity contribution < 1.29 is 69.9 Å². The van der Waals surface area contributed by atoms with Crippen LogP contribution in [0, 0.1) is 25.7 Å². The third kappa shape index (κ3) is 21.7. The summed E-state index contributed by atoms with van der Waals surface area (Å²) in [6, 6.07) is 53.9. The van der Waals surface area contributed by atoms with Gasteiger partial charge in [-0.15, -0.1) is 0 Å². The van der Waals surface area contributed by atoms with Crippen LogP contribution in [0.25, 0.3) is 66.8 Å². The number of ether oxygens (including phenoxy) is 10. The molecule has 0 spiro atoms. The van der Waals surface area contributed by atoms with Gasteiger partial charge in [-0.05, 0) is 144 Å². The number of benzene rings is 7. The topological polar surface area (TPSA) is 303 Å². The monoisotopic (exact) mass is 1590 g/mol. The molecular weight excluding hydrogens is 1490 g/mol. The number of aryl methyl sites for hydroxylation is 2. The van der Waals surface area contributed by atoms with Gasteiger partial charge >= 0.3 is 0 Å². The first-order valence-electron chi connectivity index (χ1n) is 38.9. The lowest BCUT2D eigenvalue weighted by Crippen LogP contribution is -2.33. The molecule has 0 saturated carbocycles. The molecule has 23 nitrogen and oxygen atoms in total. The molecule has 0 radical (unpaired) electrons. The van der Waals surface area contributed by atoms with E-state index in [1.165, 1.54) is 12.1 Å². The van der Waals surface area contributed by atoms with E-state index in [1.807, 2.05) is 181 Å². The molecule has 4 aliphatic heterocycles. The van der Waals surface area contributed by atoms with E-state index in [1.54, 1.807) is 57.2 Å². The molecule has 4 saturated heterocycles. The molecule has 2 atom stereocenters. The summed E-state index contributed by atoms with van der Waals surface area (Å²) in [5, 5.41) is 0. The van der Waals surface area contributed by atoms with E-state index >= 15 is 0 Å². The zero-order valence-corrected chi connectivity index (χ0v) is 66.3. The molecule has 0 unspecified atom stereocenters. The average Bonchev–Trinajstić information content (AvgIpc) is 0.803. The Hall–Kier alpha value is -11.5. The van der Waals surface area contributed by atoms with Gasteiger partial charge in [0.15, 0.2) is 45.4 Å². The number of carbonyl (C=O) groups is 2. The first-order valence-corrected chi connectivity index (χ1v) is 40.3. The summed E-state index contributed by atoms with van der Waals surface area (Å²) in [6.45, 7) is 12.4. The summed E-state index contributed by atoms with van der Waals surface area (Å²) in [7, 11) is -0.791. The molecule has 602 valence electrons. The van der Waals surface area contributed by atoms with Crippen LogP contribution < -0.4 is 41.3 Å². The van der Waals surface area contributed by atoms with Crippen LogP contribution in [-0.4, -0.2) is 149 Å². The SMILES string of the molecule is COc1cc(-c2cnc(N)c(-c3ccc(CC(=O)c4cn(CC5CCOCC5)cc(-c5ccc(C)cc5)c4=O)cc3)c2)ccc1OC[C@H]1COCCO1.COc1cc(-c2cnc(N)c(-c3ccc(CC(=O)c4cn(CC5CCOCC5)cc(-c5ccc(C)cc5)c4=O)cc3)c2)ccc1OC[C@H]1COCCO1.O=S(=O)(O)c1ccccc1. The Morgan fingerprint density at radius 1 is 0.448 bits per heavy atom. The van der Waals surface area contributed by atoms with Gasteiger partial charge in [-0.1, -0.05) is 139 Å². The van der Waals surface area contributed by atoms with E-state index in [2.05, 4.69) is 9.97 Å². The summed E-state index contributed by atoms with van der Waals surface area (Å²) in [5.41, 5.74) is 25.8. The minimum absolute atomic E-state index is 0.0741. The number of pyridine rings is 4. The fraction of sp³-hybridized carbons (Fsp3) is 0.304. The zero-order chi connectivity index (χ0) is 81.1. The van der Waals surface area contributed by atoms with Gasteiger partial charge in [0.05, 0.1) is 69.9 Å². The molecule has 24 heteroatoms. The fourth-order valence-electron chi connectivity index (χ4n) is 14.3. The molecule has 0 amide bonds. The van der Waals surface area contributed by atoms with Crippen LogP contribution in [0.5, 0.6) is 23.0 Å². The van der Waals surface area contributed by atoms with E-state index in [0.29, 0.717) is 110 Å². The van der Waals surface area contributed by atoms with Crippen molar-refractivity contribution in [3.8, 4) is 89.8 Å². The predicted molar refractivity (Wildman–Crippen MR) is 445 cm³/mol. The van der Waals surface area contributed by atoms with E-state index in [4.69, 9.17) is 63.4 Å². The molecule has 0 bridgehead atoms. The molecule has 11 aromatic rings. The van der Waals surface area contributed by atoms with Gasteiger partial charge in [0, 0.05) is 123 Å². The van der Waals surface area contributed by atoms with Crippen molar-refractivity contribution >= 4 is 33.3 Å². The van der Waals surface area contributed by atoms with Crippen LogP contribution in [-0.2, 0) is 64.5 Å². The molecule has 116 heavy (non-hydrogen) atoms. The Morgan fingerprint density at radius 2 is 0.828 bits per heavy atom. The third-order valence-electron chi connectivity index (χ3n) is 20.9. The van der Waals surface area contributed by atoms with Gasteiger partial charge in [-0.3, -0.25) is 23.7 Å². The maximum absolute atomic E-state index is 13.8. The molecular formula is C92H96N6O17S. The van der Waals surface area contributed by atoms with E-state index in [-0.39, 0.29) is 63.5 Å². The molecule has 4 aliphatic rings. The van der Waals surface area contributed by atoms with Gasteiger partial charge in [0.1, 0.15) is 37.1 Å². The number of nitrogens with two attached hydrogens (primary N) is 2. The summed E-state index contributed by atoms with van der Waals surface area (Å²) in [5.74, 6) is 3.57. The van der Waals surface area contributed by atoms with Crippen molar-refractivity contribution in [2.24, 2.45) is 11.8 Å². The van der Waals surface area contributed by atoms with Crippen molar-refractivity contribution in [1.29, 1.82) is 0 Å². The van der Waals surface area contributed by atoms with Crippen LogP contribution in [0.2, 0.25) is 0 Å². The second-order valence-corrected chi connectivity index (χ2v) is 30.7. The van der Waals surface area contributed by atoms with Gasteiger partial charge in [-0.25, -0.2) is 9.97 Å². The van der Waals surface area contributed by atoms with Crippen molar-refractivity contribution in [3.63, 3.8) is 0 Å². The molecule has 0 aliphatic carbocycles. The van der Waals surface area contributed by atoms with E-state index in [9.17, 15) is 27.6 Å². The van der Waals surface area contributed by atoms with Crippen LogP contribution in [0.1, 0.15) is 68.7 Å². The van der Waals surface area contributed by atoms with E-state index in [0.717, 1.165) is 143 Å². The number of hydrogen-bond acceptors (Lipinski definition) is 20. The lowest BCUT2D eigenvalue weighted by atomic mass is 9.96. The van der Waals surface area contributed by atoms with Gasteiger partial charge in [0.25, 0.3) is 10.1 Å². The fourth-order valence-corrected chi connectivity index (χ4v) is 14.8. The highest BCUT2D eigenvalue weighted by Crippen LogP contribution is 2.38. The summed E-state index contributed by atoms with van der Waals surface area (Å²) >= 11 is 0. The maximum Gasteiger partial charge on any atom is 0.294 e. The minimum Gasteiger partial charge on any atom is -0.493 e. The summed E-state index contributed by atoms with van der Waals surface area (Å²) in [4.78, 5) is 64.2. The molecule has 7 aromatic carbocycles. The van der Waals surface area contributed by atoms with Crippen LogP contribution in [0.3, 0.4) is 0 Å². The maximum atomic E-state index is 13.8. The highest BCUT2D eigenvalue weighted by molar-refractivity contribution is 7.85. The number of ketones is 2. The number of nitrogens with zero attached hydrogens (tertiary/aromatic N) is 4. The average molecular weight is 1590 g/mol. The number of anilines is 2. The predicted octanol–water partition coefficient (Wildman–Crippen LogP) is 14.5. The lowest BCUT2D eigenvalue weighted by Gasteiger charge is -2.23. The van der Waals surface area contributed by atoms with Crippen molar-refractivity contribution in [2.75, 3.05) is 105 Å². The molecule has 4 aromatic heterocycles. The van der Waals surface area contributed by atoms with Crippen LogP contribution in [0.15, 0.2) is 228 Å². The molecule has 15 rings (SSSR count). The van der Waals surface area contributed by atoms with Crippen molar-refractivity contribution in [3.05, 3.63) is 267 Å². The van der Waals surface area contributed by atoms with Crippen molar-refractivity contribution in [2.45, 2.75) is 82.6 Å². The molecule has 4 fully saturated rings. The normalized spacial score (nSPS) is 15.9. The zero-order valence-electron chi connectivity index (χ0n) is 65.5. The standard InChI is InChI=1S/2C43H45N3O7.C6H6O3S/c2*1-28-3-7-32(8-4-28)37-24-46(23-30-13-15-50-16-14-30)25-38(42(37)48)39(47)19-29-5-9-31(10-6-29)36-20-34(22-45-43(36)44)33-11-12-40(41(21-33)49-2)53-27-35-26-51-17-18-52-35;7-10(8,9)6-4-2-1-3-5-6/h2*3-12,20-22,24-25,30,35H,13-19,23,26-27H2,1-2H3,(H2,44,45);1-5H,(H,7,8,9)/t2*35-;/m11./s1. The van der Waals surface area contributed by atoms with Crippen molar-refractivity contribution in [1.82, 2.24) is 19.1 Å². The largest absolute Gasteiger partial charge is 0.493 e. The number of rotatable bonds is 25. The Labute approximate surface area is 674 Å². The third-order valence-corrected chi connectivity index (χ3v) is 21.7. The molecule has 8 heterocycles. The lowest BCUT2D eigenvalue weighted by molar-refractivity contribution is -0.101. The Morgan fingerprint density at radius 3 is 1.19 bits per heavy atom. The summed E-state index contributed by atoms with van der Waals surface area (Å²) < 4.78 is 90.0. The number of nitrogen functional groups attached to an aromatic ring is 2. The minimum atomic E-state index is -4.00. The van der Waals surface area contributed by atoms with Gasteiger partial charge in [-0.2, -0.15) is 8.42 Å². The highest BCUT2D eigenvalue weighted by atomic mass is 32.2.